The van der Waals surface area contributed by atoms with Gasteiger partial charge in [-0.2, -0.15) is 13.2 Å². The van der Waals surface area contributed by atoms with Crippen LogP contribution in [0.4, 0.5) is 13.2 Å². The Hall–Kier alpha value is -1.35. The van der Waals surface area contributed by atoms with Crippen LogP contribution in [0.2, 0.25) is 25.7 Å². The highest BCUT2D eigenvalue weighted by molar-refractivity contribution is 6.76. The van der Waals surface area contributed by atoms with Gasteiger partial charge in [-0.1, -0.05) is 19.6 Å². The number of carbonyl (C=O) groups is 1. The van der Waals surface area contributed by atoms with E-state index in [4.69, 9.17) is 9.47 Å². The fourth-order valence-electron chi connectivity index (χ4n) is 1.73. The zero-order valence-electron chi connectivity index (χ0n) is 13.9. The maximum absolute atomic E-state index is 12.6. The van der Waals surface area contributed by atoms with Crippen molar-refractivity contribution in [2.75, 3.05) is 13.2 Å². The highest BCUT2D eigenvalue weighted by Gasteiger charge is 2.31. The maximum atomic E-state index is 12.6. The molecule has 0 radical (unpaired) electrons. The quantitative estimate of drug-likeness (QED) is 0.408. The number of hydrogen-bond acceptors (Lipinski definition) is 4. The zero-order valence-corrected chi connectivity index (χ0v) is 14.9. The van der Waals surface area contributed by atoms with E-state index in [1.807, 2.05) is 0 Å². The van der Waals surface area contributed by atoms with Crippen molar-refractivity contribution in [1.29, 1.82) is 0 Å². The first-order chi connectivity index (χ1) is 10.5. The van der Waals surface area contributed by atoms with Crippen LogP contribution < -0.4 is 0 Å². The van der Waals surface area contributed by atoms with Gasteiger partial charge >= 0.3 is 12.1 Å². The lowest BCUT2D eigenvalue weighted by atomic mass is 10.4. The average molecular weight is 352 g/mol. The molecule has 0 spiro atoms. The van der Waals surface area contributed by atoms with Crippen molar-refractivity contribution in [1.82, 2.24) is 9.55 Å². The van der Waals surface area contributed by atoms with Crippen molar-refractivity contribution in [2.24, 2.45) is 0 Å². The monoisotopic (exact) mass is 352 g/mol. The van der Waals surface area contributed by atoms with Crippen LogP contribution in [0.25, 0.3) is 0 Å². The average Bonchev–Trinajstić information content (AvgIpc) is 2.75. The Morgan fingerprint density at radius 1 is 1.35 bits per heavy atom. The molecule has 9 heteroatoms. The molecule has 0 aliphatic rings. The van der Waals surface area contributed by atoms with Gasteiger partial charge in [0, 0.05) is 20.9 Å². The number of imidazole rings is 1. The molecule has 0 bridgehead atoms. The van der Waals surface area contributed by atoms with Gasteiger partial charge in [-0.05, 0) is 13.0 Å². The molecule has 5 nitrogen and oxygen atoms in total. The van der Waals surface area contributed by atoms with Crippen LogP contribution in [0.1, 0.15) is 23.2 Å². The largest absolute Gasteiger partial charge is 0.461 e. The molecule has 0 atom stereocenters. The highest BCUT2D eigenvalue weighted by atomic mass is 28.3. The summed E-state index contributed by atoms with van der Waals surface area (Å²) < 4.78 is 49.3. The van der Waals surface area contributed by atoms with Gasteiger partial charge in [0.05, 0.1) is 6.61 Å². The van der Waals surface area contributed by atoms with Gasteiger partial charge in [0.2, 0.25) is 0 Å². The first-order valence-corrected chi connectivity index (χ1v) is 11.1. The van der Waals surface area contributed by atoms with Gasteiger partial charge in [0.1, 0.15) is 19.0 Å². The maximum Gasteiger partial charge on any atom is 0.396 e. The molecular weight excluding hydrogens is 329 g/mol. The van der Waals surface area contributed by atoms with Crippen LogP contribution in [-0.4, -0.2) is 43.0 Å². The first-order valence-electron chi connectivity index (χ1n) is 7.39. The summed E-state index contributed by atoms with van der Waals surface area (Å²) in [6.45, 7) is 8.69. The summed E-state index contributed by atoms with van der Waals surface area (Å²) >= 11 is 0. The van der Waals surface area contributed by atoms with Gasteiger partial charge in [0.15, 0.2) is 5.69 Å². The van der Waals surface area contributed by atoms with Crippen LogP contribution >= 0.6 is 0 Å². The number of hydrogen-bond donors (Lipinski definition) is 0. The Labute approximate surface area is 134 Å². The van der Waals surface area contributed by atoms with E-state index in [1.165, 1.54) is 10.8 Å². The SMILES string of the molecule is CCOC(=O)c1cn(COCC[Si](C)(C)C)c(CC(F)(F)F)n1. The number of carbonyl (C=O) groups excluding carboxylic acids is 1. The molecule has 0 aliphatic heterocycles. The summed E-state index contributed by atoms with van der Waals surface area (Å²) in [7, 11) is -1.27. The summed E-state index contributed by atoms with van der Waals surface area (Å²) in [5, 5.41) is 0. The number of aromatic nitrogens is 2. The number of nitrogens with zero attached hydrogens (tertiary/aromatic N) is 2. The number of rotatable bonds is 8. The molecule has 0 fully saturated rings. The van der Waals surface area contributed by atoms with Crippen molar-refractivity contribution in [3.63, 3.8) is 0 Å². The number of alkyl halides is 3. The predicted molar refractivity (Wildman–Crippen MR) is 82.0 cm³/mol. The normalized spacial score (nSPS) is 12.5. The topological polar surface area (TPSA) is 53.4 Å². The standard InChI is InChI=1S/C14H23F3N2O3Si/c1-5-22-13(20)11-9-19(10-21-6-7-23(2,3)4)12(18-11)8-14(15,16)17/h9H,5-8,10H2,1-4H3. The minimum absolute atomic E-state index is 0.0672. The molecule has 132 valence electrons. The lowest BCUT2D eigenvalue weighted by Crippen LogP contribution is -2.22. The van der Waals surface area contributed by atoms with E-state index in [0.717, 1.165) is 6.04 Å². The first kappa shape index (κ1) is 19.7. The summed E-state index contributed by atoms with van der Waals surface area (Å²) in [4.78, 5) is 15.4. The second-order valence-electron chi connectivity index (χ2n) is 6.37. The summed E-state index contributed by atoms with van der Waals surface area (Å²) in [5.74, 6) is -0.995. The molecule has 0 aliphatic carbocycles. The molecule has 0 aromatic carbocycles. The van der Waals surface area contributed by atoms with Crippen molar-refractivity contribution in [2.45, 2.75) is 51.9 Å². The Kier molecular flexibility index (Phi) is 6.81. The number of halogens is 3. The molecule has 1 heterocycles. The molecule has 1 rings (SSSR count). The van der Waals surface area contributed by atoms with E-state index in [9.17, 15) is 18.0 Å². The lowest BCUT2D eigenvalue weighted by Gasteiger charge is -2.16. The molecule has 23 heavy (non-hydrogen) atoms. The van der Waals surface area contributed by atoms with Crippen molar-refractivity contribution < 1.29 is 27.4 Å². The van der Waals surface area contributed by atoms with E-state index in [0.29, 0.717) is 6.61 Å². The van der Waals surface area contributed by atoms with Gasteiger partial charge in [-0.15, -0.1) is 0 Å². The van der Waals surface area contributed by atoms with Crippen LogP contribution in [0.3, 0.4) is 0 Å². The predicted octanol–water partition coefficient (Wildman–Crippen LogP) is 3.48. The third-order valence-corrected chi connectivity index (χ3v) is 4.63. The smallest absolute Gasteiger partial charge is 0.396 e. The lowest BCUT2D eigenvalue weighted by molar-refractivity contribution is -0.129. The second-order valence-corrected chi connectivity index (χ2v) is 12.0. The molecule has 0 unspecified atom stereocenters. The minimum atomic E-state index is -4.41. The Bertz CT molecular complexity index is 524. The summed E-state index contributed by atoms with van der Waals surface area (Å²) in [6.07, 6.45) is -4.38. The molecule has 0 saturated carbocycles. The van der Waals surface area contributed by atoms with Crippen molar-refractivity contribution >= 4 is 14.0 Å². The highest BCUT2D eigenvalue weighted by Crippen LogP contribution is 2.21. The molecule has 0 amide bonds. The number of ether oxygens (including phenoxy) is 2. The second kappa shape index (κ2) is 7.96. The minimum Gasteiger partial charge on any atom is -0.461 e. The van der Waals surface area contributed by atoms with Crippen LogP contribution in [0, 0.1) is 0 Å². The summed E-state index contributed by atoms with van der Waals surface area (Å²) in [5.41, 5.74) is -0.139. The van der Waals surface area contributed by atoms with Crippen LogP contribution in [0.5, 0.6) is 0 Å². The van der Waals surface area contributed by atoms with Crippen molar-refractivity contribution in [3.05, 3.63) is 17.7 Å². The Morgan fingerprint density at radius 3 is 2.52 bits per heavy atom. The Morgan fingerprint density at radius 2 is 2.00 bits per heavy atom. The van der Waals surface area contributed by atoms with E-state index in [-0.39, 0.29) is 24.9 Å². The third kappa shape index (κ3) is 7.64. The fourth-order valence-corrected chi connectivity index (χ4v) is 2.49. The fraction of sp³-hybridized carbons (Fsp3) is 0.714. The van der Waals surface area contributed by atoms with Crippen molar-refractivity contribution in [3.8, 4) is 0 Å². The van der Waals surface area contributed by atoms with E-state index in [2.05, 4.69) is 24.6 Å². The van der Waals surface area contributed by atoms with Gasteiger partial charge < -0.3 is 14.0 Å². The van der Waals surface area contributed by atoms with Crippen LogP contribution in [-0.2, 0) is 22.6 Å². The van der Waals surface area contributed by atoms with E-state index < -0.39 is 26.6 Å². The van der Waals surface area contributed by atoms with Gasteiger partial charge in [0.25, 0.3) is 0 Å². The molecule has 0 N–H and O–H groups in total. The Balaban J connectivity index is 2.79. The molecule has 1 aromatic heterocycles. The zero-order chi connectivity index (χ0) is 17.7. The van der Waals surface area contributed by atoms with E-state index >= 15 is 0 Å². The van der Waals surface area contributed by atoms with Gasteiger partial charge in [-0.3, -0.25) is 0 Å². The summed E-state index contributed by atoms with van der Waals surface area (Å²) in [6, 6.07) is 0.904. The number of esters is 1. The third-order valence-electron chi connectivity index (χ3n) is 2.93. The van der Waals surface area contributed by atoms with Crippen LogP contribution in [0.15, 0.2) is 6.20 Å². The molecular formula is C14H23F3N2O3Si. The van der Waals surface area contributed by atoms with Gasteiger partial charge in [-0.25, -0.2) is 9.78 Å². The molecule has 0 saturated heterocycles. The molecule has 1 aromatic rings. The van der Waals surface area contributed by atoms with E-state index in [1.54, 1.807) is 6.92 Å².